The van der Waals surface area contributed by atoms with Gasteiger partial charge in [-0.15, -0.1) is 0 Å². The molecule has 0 amide bonds. The molecule has 0 spiro atoms. The van der Waals surface area contributed by atoms with Gasteiger partial charge in [-0.3, -0.25) is 10.7 Å². The molecule has 0 radical (unpaired) electrons. The molecule has 2 N–H and O–H groups in total. The Hall–Kier alpha value is -1.10. The molecule has 1 aliphatic heterocycles. The Morgan fingerprint density at radius 1 is 1.25 bits per heavy atom. The van der Waals surface area contributed by atoms with Crippen LogP contribution in [-0.2, 0) is 6.54 Å². The molecule has 0 atom stereocenters. The van der Waals surface area contributed by atoms with Crippen molar-refractivity contribution in [3.8, 4) is 5.75 Å². The maximum atomic E-state index is 5.72. The largest absolute Gasteiger partial charge is 0.497 e. The first-order valence-corrected chi connectivity index (χ1v) is 5.63. The number of hydrogen-bond acceptors (Lipinski definition) is 4. The van der Waals surface area contributed by atoms with Crippen molar-refractivity contribution in [3.05, 3.63) is 29.8 Å². The average molecular weight is 221 g/mol. The predicted octanol–water partition coefficient (Wildman–Crippen LogP) is 0.686. The third-order valence-electron chi connectivity index (χ3n) is 2.95. The highest BCUT2D eigenvalue weighted by Crippen LogP contribution is 2.14. The predicted molar refractivity (Wildman–Crippen MR) is 64.0 cm³/mol. The van der Waals surface area contributed by atoms with Crippen LogP contribution < -0.4 is 10.6 Å². The number of rotatable bonds is 3. The minimum Gasteiger partial charge on any atom is -0.497 e. The van der Waals surface area contributed by atoms with Gasteiger partial charge in [-0.2, -0.15) is 0 Å². The summed E-state index contributed by atoms with van der Waals surface area (Å²) in [6, 6.07) is 8.24. The van der Waals surface area contributed by atoms with E-state index in [9.17, 15) is 0 Å². The highest BCUT2D eigenvalue weighted by Gasteiger charge is 2.14. The average Bonchev–Trinajstić information content (AvgIpc) is 2.32. The number of hydrazine groups is 1. The molecule has 1 saturated heterocycles. The second kappa shape index (κ2) is 5.30. The summed E-state index contributed by atoms with van der Waals surface area (Å²) in [5, 5.41) is 1.88. The van der Waals surface area contributed by atoms with Crippen molar-refractivity contribution in [2.24, 2.45) is 5.84 Å². The fourth-order valence-electron chi connectivity index (χ4n) is 1.95. The Balaban J connectivity index is 1.93. The Labute approximate surface area is 96.6 Å². The number of benzene rings is 1. The molecule has 1 heterocycles. The van der Waals surface area contributed by atoms with Gasteiger partial charge in [0.2, 0.25) is 0 Å². The van der Waals surface area contributed by atoms with E-state index in [1.54, 1.807) is 7.11 Å². The fraction of sp³-hybridized carbons (Fsp3) is 0.500. The van der Waals surface area contributed by atoms with Crippen LogP contribution in [0.2, 0.25) is 0 Å². The molecule has 2 rings (SSSR count). The van der Waals surface area contributed by atoms with Crippen LogP contribution in [0.15, 0.2) is 24.3 Å². The normalized spacial score (nSPS) is 18.6. The van der Waals surface area contributed by atoms with E-state index >= 15 is 0 Å². The Morgan fingerprint density at radius 3 is 2.69 bits per heavy atom. The van der Waals surface area contributed by atoms with Gasteiger partial charge in [0.15, 0.2) is 0 Å². The first kappa shape index (κ1) is 11.4. The van der Waals surface area contributed by atoms with Crippen LogP contribution in [0.3, 0.4) is 0 Å². The van der Waals surface area contributed by atoms with E-state index in [-0.39, 0.29) is 0 Å². The molecule has 0 unspecified atom stereocenters. The minimum absolute atomic E-state index is 0.926. The SMILES string of the molecule is COc1cccc(CN2CCN(N)CC2)c1. The monoisotopic (exact) mass is 221 g/mol. The number of ether oxygens (including phenoxy) is 1. The van der Waals surface area contributed by atoms with Crippen LogP contribution in [0.5, 0.6) is 5.75 Å². The number of hydrogen-bond donors (Lipinski definition) is 1. The van der Waals surface area contributed by atoms with Crippen LogP contribution >= 0.6 is 0 Å². The van der Waals surface area contributed by atoms with Crippen LogP contribution in [0.25, 0.3) is 0 Å². The van der Waals surface area contributed by atoms with Gasteiger partial charge in [0.05, 0.1) is 7.11 Å². The molecule has 4 heteroatoms. The highest BCUT2D eigenvalue weighted by atomic mass is 16.5. The van der Waals surface area contributed by atoms with Crippen molar-refractivity contribution >= 4 is 0 Å². The highest BCUT2D eigenvalue weighted by molar-refractivity contribution is 5.28. The lowest BCUT2D eigenvalue weighted by Gasteiger charge is -2.31. The molecule has 1 aliphatic rings. The molecule has 0 saturated carbocycles. The summed E-state index contributed by atoms with van der Waals surface area (Å²) in [6.07, 6.45) is 0. The molecule has 0 bridgehead atoms. The third kappa shape index (κ3) is 2.95. The quantitative estimate of drug-likeness (QED) is 0.762. The van der Waals surface area contributed by atoms with Crippen LogP contribution in [0.4, 0.5) is 0 Å². The molecular weight excluding hydrogens is 202 g/mol. The smallest absolute Gasteiger partial charge is 0.119 e. The van der Waals surface area contributed by atoms with Crippen LogP contribution in [0, 0.1) is 0 Å². The van der Waals surface area contributed by atoms with E-state index in [0.29, 0.717) is 0 Å². The van der Waals surface area contributed by atoms with Gasteiger partial charge in [0.25, 0.3) is 0 Å². The van der Waals surface area contributed by atoms with Crippen molar-refractivity contribution in [2.45, 2.75) is 6.54 Å². The summed E-state index contributed by atoms with van der Waals surface area (Å²) in [7, 11) is 1.70. The fourth-order valence-corrected chi connectivity index (χ4v) is 1.95. The third-order valence-corrected chi connectivity index (χ3v) is 2.95. The van der Waals surface area contributed by atoms with Gasteiger partial charge in [-0.25, -0.2) is 5.01 Å². The van der Waals surface area contributed by atoms with E-state index < -0.39 is 0 Å². The molecule has 1 fully saturated rings. The van der Waals surface area contributed by atoms with Gasteiger partial charge in [0, 0.05) is 32.7 Å². The zero-order chi connectivity index (χ0) is 11.4. The topological polar surface area (TPSA) is 41.7 Å². The Morgan fingerprint density at radius 2 is 2.00 bits per heavy atom. The molecule has 16 heavy (non-hydrogen) atoms. The molecule has 0 aromatic heterocycles. The standard InChI is InChI=1S/C12H19N3O/c1-16-12-4-2-3-11(9-12)10-14-5-7-15(13)8-6-14/h2-4,9H,5-8,10,13H2,1H3. The molecule has 88 valence electrons. The number of methoxy groups -OCH3 is 1. The summed E-state index contributed by atoms with van der Waals surface area (Å²) in [6.45, 7) is 4.94. The lowest BCUT2D eigenvalue weighted by molar-refractivity contribution is 0.128. The van der Waals surface area contributed by atoms with Crippen LogP contribution in [0.1, 0.15) is 5.56 Å². The lowest BCUT2D eigenvalue weighted by Crippen LogP contribution is -2.48. The van der Waals surface area contributed by atoms with Gasteiger partial charge in [0.1, 0.15) is 5.75 Å². The molecule has 4 nitrogen and oxygen atoms in total. The summed E-state index contributed by atoms with van der Waals surface area (Å²) in [4.78, 5) is 2.41. The molecule has 1 aromatic rings. The Bertz CT molecular complexity index is 335. The second-order valence-electron chi connectivity index (χ2n) is 4.16. The zero-order valence-electron chi connectivity index (χ0n) is 9.72. The van der Waals surface area contributed by atoms with E-state index in [4.69, 9.17) is 10.6 Å². The van der Waals surface area contributed by atoms with Crippen molar-refractivity contribution in [1.82, 2.24) is 9.91 Å². The van der Waals surface area contributed by atoms with Crippen molar-refractivity contribution in [2.75, 3.05) is 33.3 Å². The zero-order valence-corrected chi connectivity index (χ0v) is 9.72. The number of nitrogens with zero attached hydrogens (tertiary/aromatic N) is 2. The van der Waals surface area contributed by atoms with Gasteiger partial charge >= 0.3 is 0 Å². The maximum absolute atomic E-state index is 5.72. The van der Waals surface area contributed by atoms with Crippen molar-refractivity contribution < 1.29 is 4.74 Å². The van der Waals surface area contributed by atoms with Crippen LogP contribution in [-0.4, -0.2) is 43.2 Å². The number of nitrogens with two attached hydrogens (primary N) is 1. The van der Waals surface area contributed by atoms with E-state index in [1.807, 2.05) is 17.1 Å². The van der Waals surface area contributed by atoms with Gasteiger partial charge < -0.3 is 4.74 Å². The first-order chi connectivity index (χ1) is 7.78. The Kier molecular flexibility index (Phi) is 3.77. The summed E-state index contributed by atoms with van der Waals surface area (Å²) >= 11 is 0. The molecule has 0 aliphatic carbocycles. The second-order valence-corrected chi connectivity index (χ2v) is 4.16. The van der Waals surface area contributed by atoms with Gasteiger partial charge in [-0.05, 0) is 17.7 Å². The first-order valence-electron chi connectivity index (χ1n) is 5.63. The summed E-state index contributed by atoms with van der Waals surface area (Å²) in [5.74, 6) is 6.65. The lowest BCUT2D eigenvalue weighted by atomic mass is 10.2. The number of piperazine rings is 1. The summed E-state index contributed by atoms with van der Waals surface area (Å²) in [5.41, 5.74) is 1.30. The van der Waals surface area contributed by atoms with Crippen molar-refractivity contribution in [3.63, 3.8) is 0 Å². The summed E-state index contributed by atoms with van der Waals surface area (Å²) < 4.78 is 5.21. The minimum atomic E-state index is 0.926. The van der Waals surface area contributed by atoms with Crippen molar-refractivity contribution in [1.29, 1.82) is 0 Å². The van der Waals surface area contributed by atoms with Gasteiger partial charge in [-0.1, -0.05) is 12.1 Å². The molecular formula is C12H19N3O. The van der Waals surface area contributed by atoms with E-state index in [1.165, 1.54) is 5.56 Å². The maximum Gasteiger partial charge on any atom is 0.119 e. The molecule has 1 aromatic carbocycles. The van der Waals surface area contributed by atoms with E-state index in [0.717, 1.165) is 38.5 Å². The van der Waals surface area contributed by atoms with E-state index in [2.05, 4.69) is 17.0 Å².